The smallest absolute Gasteiger partial charge is 0.286 e. The van der Waals surface area contributed by atoms with Gasteiger partial charge in [0.1, 0.15) is 16.5 Å². The van der Waals surface area contributed by atoms with Crippen molar-refractivity contribution < 1.29 is 19.1 Å². The first-order chi connectivity index (χ1) is 14.5. The molecule has 0 aliphatic rings. The molecule has 0 spiro atoms. The third-order valence-electron chi connectivity index (χ3n) is 4.17. The third-order valence-corrected chi connectivity index (χ3v) is 5.15. The van der Waals surface area contributed by atoms with Crippen molar-refractivity contribution in [3.05, 3.63) is 58.0 Å². The molecule has 0 atom stereocenters. The molecule has 0 bridgehead atoms. The minimum absolute atomic E-state index is 0.189. The quantitative estimate of drug-likeness (QED) is 0.570. The number of rotatable bonds is 8. The first kappa shape index (κ1) is 21.3. The van der Waals surface area contributed by atoms with E-state index in [4.69, 9.17) is 9.47 Å². The van der Waals surface area contributed by atoms with Crippen LogP contribution in [-0.4, -0.2) is 36.2 Å². The van der Waals surface area contributed by atoms with Gasteiger partial charge in [0.15, 0.2) is 0 Å². The fraction of sp³-hybridized carbons (Fsp3) is 0.238. The summed E-state index contributed by atoms with van der Waals surface area (Å²) in [6, 6.07) is 12.6. The number of hydrogen-bond donors (Lipinski definition) is 2. The molecule has 2 N–H and O–H groups in total. The summed E-state index contributed by atoms with van der Waals surface area (Å²) in [5, 5.41) is 14.4. The summed E-state index contributed by atoms with van der Waals surface area (Å²) in [6.07, 6.45) is 0.580. The molecular weight excluding hydrogens is 404 g/mol. The van der Waals surface area contributed by atoms with Crippen molar-refractivity contribution in [2.75, 3.05) is 24.9 Å². The second-order valence-corrected chi connectivity index (χ2v) is 7.53. The van der Waals surface area contributed by atoms with Crippen LogP contribution in [-0.2, 0) is 11.2 Å². The lowest BCUT2D eigenvalue weighted by Crippen LogP contribution is -2.12. The lowest BCUT2D eigenvalue weighted by Gasteiger charge is -2.09. The van der Waals surface area contributed by atoms with E-state index in [1.807, 2.05) is 31.2 Å². The van der Waals surface area contributed by atoms with E-state index >= 15 is 0 Å². The number of nitrogens with zero attached hydrogens (tertiary/aromatic N) is 2. The van der Waals surface area contributed by atoms with Crippen LogP contribution in [0.25, 0.3) is 0 Å². The normalized spacial score (nSPS) is 10.4. The minimum Gasteiger partial charge on any atom is -0.497 e. The average Bonchev–Trinajstić information content (AvgIpc) is 3.23. The lowest BCUT2D eigenvalue weighted by atomic mass is 10.2. The Labute approximate surface area is 178 Å². The number of aryl methyl sites for hydroxylation is 2. The van der Waals surface area contributed by atoms with Gasteiger partial charge in [-0.15, -0.1) is 10.2 Å². The summed E-state index contributed by atoms with van der Waals surface area (Å²) in [4.78, 5) is 24.6. The molecule has 0 fully saturated rings. The number of carbonyl (C=O) groups is 2. The molecule has 2 amide bonds. The molecule has 9 heteroatoms. The number of hydrogen-bond acceptors (Lipinski definition) is 7. The highest BCUT2D eigenvalue weighted by molar-refractivity contribution is 7.13. The number of amides is 2. The lowest BCUT2D eigenvalue weighted by molar-refractivity contribution is -0.116. The van der Waals surface area contributed by atoms with E-state index in [0.29, 0.717) is 34.3 Å². The van der Waals surface area contributed by atoms with Crippen LogP contribution >= 0.6 is 11.3 Å². The molecule has 1 heterocycles. The fourth-order valence-corrected chi connectivity index (χ4v) is 3.33. The predicted octanol–water partition coefficient (Wildman–Crippen LogP) is 3.69. The van der Waals surface area contributed by atoms with E-state index in [0.717, 1.165) is 5.56 Å². The molecule has 0 unspecified atom stereocenters. The number of carbonyl (C=O) groups excluding carboxylic acids is 2. The molecule has 3 aromatic rings. The van der Waals surface area contributed by atoms with Crippen LogP contribution in [0.15, 0.2) is 42.5 Å². The monoisotopic (exact) mass is 426 g/mol. The van der Waals surface area contributed by atoms with E-state index in [9.17, 15) is 9.59 Å². The van der Waals surface area contributed by atoms with Gasteiger partial charge in [-0.2, -0.15) is 0 Å². The largest absolute Gasteiger partial charge is 0.497 e. The average molecular weight is 426 g/mol. The van der Waals surface area contributed by atoms with Gasteiger partial charge in [-0.05, 0) is 19.1 Å². The molecule has 0 aliphatic heterocycles. The zero-order valence-corrected chi connectivity index (χ0v) is 17.7. The second kappa shape index (κ2) is 9.84. The van der Waals surface area contributed by atoms with Crippen LogP contribution in [0.4, 0.5) is 11.4 Å². The van der Waals surface area contributed by atoms with Gasteiger partial charge in [0, 0.05) is 42.4 Å². The van der Waals surface area contributed by atoms with Gasteiger partial charge < -0.3 is 20.1 Å². The summed E-state index contributed by atoms with van der Waals surface area (Å²) >= 11 is 1.17. The Balaban J connectivity index is 1.54. The molecular formula is C21H22N4O4S. The standard InChI is InChI=1S/C21H22N4O4S/c1-13-4-6-14(7-5-13)23-20(27)21-25-24-19(30-21)9-8-18(26)22-15-10-16(28-2)12-17(11-15)29-3/h4-7,10-12H,8-9H2,1-3H3,(H,22,26)(H,23,27). The zero-order chi connectivity index (χ0) is 21.5. The SMILES string of the molecule is COc1cc(NC(=O)CCc2nnc(C(=O)Nc3ccc(C)cc3)s2)cc(OC)c1. The molecule has 0 saturated carbocycles. The molecule has 0 aliphatic carbocycles. The zero-order valence-electron chi connectivity index (χ0n) is 16.9. The predicted molar refractivity (Wildman–Crippen MR) is 116 cm³/mol. The Kier molecular flexibility index (Phi) is 6.97. The van der Waals surface area contributed by atoms with Crippen molar-refractivity contribution in [3.8, 4) is 11.5 Å². The summed E-state index contributed by atoms with van der Waals surface area (Å²) < 4.78 is 10.4. The first-order valence-electron chi connectivity index (χ1n) is 9.20. The Morgan fingerprint density at radius 1 is 0.933 bits per heavy atom. The van der Waals surface area contributed by atoms with Crippen molar-refractivity contribution in [2.45, 2.75) is 19.8 Å². The molecule has 156 valence electrons. The molecule has 2 aromatic carbocycles. The Bertz CT molecular complexity index is 1010. The number of ether oxygens (including phenoxy) is 2. The number of aromatic nitrogens is 2. The summed E-state index contributed by atoms with van der Waals surface area (Å²) in [5.41, 5.74) is 2.37. The Morgan fingerprint density at radius 3 is 2.23 bits per heavy atom. The van der Waals surface area contributed by atoms with Gasteiger partial charge in [-0.25, -0.2) is 0 Å². The van der Waals surface area contributed by atoms with Crippen LogP contribution in [0.3, 0.4) is 0 Å². The maximum Gasteiger partial charge on any atom is 0.286 e. The highest BCUT2D eigenvalue weighted by Gasteiger charge is 2.14. The summed E-state index contributed by atoms with van der Waals surface area (Å²) in [6.45, 7) is 1.98. The van der Waals surface area contributed by atoms with Crippen LogP contribution < -0.4 is 20.1 Å². The van der Waals surface area contributed by atoms with Gasteiger partial charge in [0.2, 0.25) is 10.9 Å². The summed E-state index contributed by atoms with van der Waals surface area (Å²) in [5.74, 6) is 0.651. The minimum atomic E-state index is -0.324. The Morgan fingerprint density at radius 2 is 1.60 bits per heavy atom. The molecule has 3 rings (SSSR count). The third kappa shape index (κ3) is 5.77. The van der Waals surface area contributed by atoms with Gasteiger partial charge >= 0.3 is 0 Å². The van der Waals surface area contributed by atoms with Gasteiger partial charge in [0.05, 0.1) is 14.2 Å². The molecule has 0 radical (unpaired) electrons. The van der Waals surface area contributed by atoms with Crippen LogP contribution in [0, 0.1) is 6.92 Å². The fourth-order valence-electron chi connectivity index (χ4n) is 2.59. The van der Waals surface area contributed by atoms with Crippen LogP contribution in [0.1, 0.15) is 26.8 Å². The molecule has 30 heavy (non-hydrogen) atoms. The van der Waals surface area contributed by atoms with Crippen molar-refractivity contribution in [1.82, 2.24) is 10.2 Å². The summed E-state index contributed by atoms with van der Waals surface area (Å²) in [7, 11) is 3.09. The highest BCUT2D eigenvalue weighted by atomic mass is 32.1. The van der Waals surface area contributed by atoms with Crippen LogP contribution in [0.2, 0.25) is 0 Å². The Hall–Kier alpha value is -3.46. The maximum absolute atomic E-state index is 12.3. The first-order valence-corrected chi connectivity index (χ1v) is 10.0. The van der Waals surface area contributed by atoms with Gasteiger partial charge in [0.25, 0.3) is 5.91 Å². The number of anilines is 2. The van der Waals surface area contributed by atoms with Crippen LogP contribution in [0.5, 0.6) is 11.5 Å². The number of methoxy groups -OCH3 is 2. The van der Waals surface area contributed by atoms with E-state index in [1.165, 1.54) is 11.3 Å². The number of benzene rings is 2. The van der Waals surface area contributed by atoms with E-state index in [1.54, 1.807) is 32.4 Å². The molecule has 1 aromatic heterocycles. The van der Waals surface area contributed by atoms with Crippen molar-refractivity contribution >= 4 is 34.5 Å². The van der Waals surface area contributed by atoms with E-state index < -0.39 is 0 Å². The maximum atomic E-state index is 12.3. The highest BCUT2D eigenvalue weighted by Crippen LogP contribution is 2.26. The van der Waals surface area contributed by atoms with Gasteiger partial charge in [-0.1, -0.05) is 29.0 Å². The molecule has 0 saturated heterocycles. The second-order valence-electron chi connectivity index (χ2n) is 6.47. The van der Waals surface area contributed by atoms with Crippen molar-refractivity contribution in [2.24, 2.45) is 0 Å². The van der Waals surface area contributed by atoms with E-state index in [-0.39, 0.29) is 23.2 Å². The number of nitrogens with one attached hydrogen (secondary N) is 2. The topological polar surface area (TPSA) is 102 Å². The van der Waals surface area contributed by atoms with Crippen molar-refractivity contribution in [1.29, 1.82) is 0 Å². The van der Waals surface area contributed by atoms with Gasteiger partial charge in [-0.3, -0.25) is 9.59 Å². The molecule has 8 nitrogen and oxygen atoms in total. The van der Waals surface area contributed by atoms with Crippen molar-refractivity contribution in [3.63, 3.8) is 0 Å². The van der Waals surface area contributed by atoms with E-state index in [2.05, 4.69) is 20.8 Å².